The maximum atomic E-state index is 11.6. The van der Waals surface area contributed by atoms with Crippen LogP contribution in [0.3, 0.4) is 0 Å². The Bertz CT molecular complexity index is 840. The first-order valence-corrected chi connectivity index (χ1v) is 12.2. The van der Waals surface area contributed by atoms with Crippen LogP contribution in [-0.4, -0.2) is 58.4 Å². The Kier molecular flexibility index (Phi) is 8.32. The molecule has 0 amide bonds. The van der Waals surface area contributed by atoms with Gasteiger partial charge in [-0.3, -0.25) is 14.4 Å². The van der Waals surface area contributed by atoms with Crippen molar-refractivity contribution in [2.75, 3.05) is 26.2 Å². The van der Waals surface area contributed by atoms with E-state index in [1.807, 2.05) is 6.92 Å². The van der Waals surface area contributed by atoms with E-state index in [0.717, 1.165) is 68.8 Å². The topological polar surface area (TPSA) is 77.9 Å². The Morgan fingerprint density at radius 3 is 1.69 bits per heavy atom. The lowest BCUT2D eigenvalue weighted by Gasteiger charge is -2.18. The number of carbonyl (C=O) groups excluding carboxylic acids is 3. The number of likely N-dealkylation sites (tertiary alicyclic amines) is 2. The van der Waals surface area contributed by atoms with Gasteiger partial charge in [-0.1, -0.05) is 13.0 Å². The van der Waals surface area contributed by atoms with Crippen LogP contribution in [0.4, 0.5) is 0 Å². The highest BCUT2D eigenvalue weighted by molar-refractivity contribution is 5.99. The van der Waals surface area contributed by atoms with Crippen LogP contribution in [0, 0.1) is 5.92 Å². The molecule has 6 nitrogen and oxygen atoms in total. The Morgan fingerprint density at radius 2 is 1.31 bits per heavy atom. The second-order valence-corrected chi connectivity index (χ2v) is 9.58. The molecule has 176 valence electrons. The molecule has 5 rings (SSSR count). The van der Waals surface area contributed by atoms with Crippen LogP contribution in [0.15, 0.2) is 34.4 Å². The van der Waals surface area contributed by atoms with E-state index in [-0.39, 0.29) is 17.5 Å². The fourth-order valence-electron chi connectivity index (χ4n) is 4.93. The first-order chi connectivity index (χ1) is 15.3. The van der Waals surface area contributed by atoms with Gasteiger partial charge in [0.15, 0.2) is 23.1 Å². The third-order valence-electron chi connectivity index (χ3n) is 7.02. The molecule has 0 saturated carbocycles. The molecule has 2 fully saturated rings. The van der Waals surface area contributed by atoms with Gasteiger partial charge in [0, 0.05) is 44.9 Å². The van der Waals surface area contributed by atoms with Gasteiger partial charge in [-0.25, -0.2) is 0 Å². The highest BCUT2D eigenvalue weighted by Crippen LogP contribution is 2.28. The third-order valence-corrected chi connectivity index (χ3v) is 7.02. The number of rotatable bonds is 2. The molecule has 0 radical (unpaired) electrons. The smallest absolute Gasteiger partial charge is 0.197 e. The number of allylic oxidation sites excluding steroid dienone is 6. The van der Waals surface area contributed by atoms with Crippen molar-refractivity contribution >= 4 is 17.3 Å². The van der Waals surface area contributed by atoms with E-state index in [2.05, 4.69) is 22.8 Å². The minimum Gasteiger partial charge on any atom is -0.504 e. The van der Waals surface area contributed by atoms with E-state index in [1.54, 1.807) is 6.92 Å². The van der Waals surface area contributed by atoms with Gasteiger partial charge in [-0.05, 0) is 69.9 Å². The van der Waals surface area contributed by atoms with E-state index in [4.69, 9.17) is 5.11 Å². The van der Waals surface area contributed by atoms with Crippen molar-refractivity contribution in [2.45, 2.75) is 78.6 Å². The highest BCUT2D eigenvalue weighted by atomic mass is 16.3. The van der Waals surface area contributed by atoms with Crippen LogP contribution in [0.25, 0.3) is 0 Å². The average Bonchev–Trinajstić information content (AvgIpc) is 3.59. The second kappa shape index (κ2) is 11.0. The van der Waals surface area contributed by atoms with Crippen molar-refractivity contribution in [3.8, 4) is 0 Å². The summed E-state index contributed by atoms with van der Waals surface area (Å²) in [6, 6.07) is 0. The van der Waals surface area contributed by atoms with Crippen molar-refractivity contribution in [1.82, 2.24) is 9.80 Å². The van der Waals surface area contributed by atoms with Gasteiger partial charge in [0.2, 0.25) is 0 Å². The molecular formula is C26H38N2O4. The Balaban J connectivity index is 0.000000139. The van der Waals surface area contributed by atoms with Crippen LogP contribution < -0.4 is 0 Å². The molecular weight excluding hydrogens is 404 g/mol. The van der Waals surface area contributed by atoms with Gasteiger partial charge in [0.05, 0.1) is 11.4 Å². The molecule has 1 unspecified atom stereocenters. The van der Waals surface area contributed by atoms with Gasteiger partial charge in [-0.2, -0.15) is 0 Å². The van der Waals surface area contributed by atoms with E-state index < -0.39 is 0 Å². The van der Waals surface area contributed by atoms with Gasteiger partial charge in [0.25, 0.3) is 0 Å². The minimum atomic E-state index is -0.109. The predicted molar refractivity (Wildman–Crippen MR) is 125 cm³/mol. The molecule has 2 aliphatic heterocycles. The molecule has 2 saturated heterocycles. The summed E-state index contributed by atoms with van der Waals surface area (Å²) in [5.74, 6) is 0.847. The summed E-state index contributed by atoms with van der Waals surface area (Å²) < 4.78 is 0. The summed E-state index contributed by atoms with van der Waals surface area (Å²) in [5, 5.41) is 8.80. The van der Waals surface area contributed by atoms with E-state index in [1.165, 1.54) is 31.3 Å². The first kappa shape index (κ1) is 24.3. The number of carbonyl (C=O) groups is 3. The van der Waals surface area contributed by atoms with E-state index in [9.17, 15) is 14.4 Å². The standard InChI is InChI=1S/2C10H15NO.C6H8O2/c1-8-4-5-9(12)10(8)11-6-2-3-7-11;1-8-4-5-9(10(8)12)11-6-2-3-7-11;1-4-2-3-5(7)6(4)8/h2-7H2,1H3;5,8H,2-4,6-7H2,1H3;8H,2-3H2,1H3. The van der Waals surface area contributed by atoms with Crippen molar-refractivity contribution in [3.05, 3.63) is 34.4 Å². The van der Waals surface area contributed by atoms with Crippen LogP contribution in [0.5, 0.6) is 0 Å². The maximum Gasteiger partial charge on any atom is 0.197 e. The second-order valence-electron chi connectivity index (χ2n) is 9.58. The van der Waals surface area contributed by atoms with Gasteiger partial charge < -0.3 is 14.9 Å². The number of Topliss-reactive ketones (excluding diaryl/α,β-unsaturated/α-hetero) is 3. The summed E-state index contributed by atoms with van der Waals surface area (Å²) in [4.78, 5) is 38.0. The molecule has 0 spiro atoms. The normalized spacial score (nSPS) is 25.4. The van der Waals surface area contributed by atoms with Crippen molar-refractivity contribution in [1.29, 1.82) is 0 Å². The van der Waals surface area contributed by atoms with Crippen molar-refractivity contribution in [2.24, 2.45) is 5.92 Å². The van der Waals surface area contributed by atoms with E-state index >= 15 is 0 Å². The summed E-state index contributed by atoms with van der Waals surface area (Å²) >= 11 is 0. The number of nitrogens with zero attached hydrogens (tertiary/aromatic N) is 2. The SMILES string of the molecule is CC1=C(N2CCCC2)C(=O)CC1.CC1=C(O)C(=O)CC1.CC1CC=C(N2CCCC2)C1=O. The Morgan fingerprint density at radius 1 is 0.781 bits per heavy atom. The van der Waals surface area contributed by atoms with Gasteiger partial charge in [0.1, 0.15) is 0 Å². The van der Waals surface area contributed by atoms with Crippen LogP contribution >= 0.6 is 0 Å². The zero-order valence-corrected chi connectivity index (χ0v) is 19.9. The Hall–Kier alpha value is -2.37. The van der Waals surface area contributed by atoms with Crippen LogP contribution in [0.2, 0.25) is 0 Å². The number of hydrogen-bond acceptors (Lipinski definition) is 6. The summed E-state index contributed by atoms with van der Waals surface area (Å²) in [6.07, 6.45) is 11.0. The zero-order chi connectivity index (χ0) is 23.3. The molecule has 0 aromatic rings. The predicted octanol–water partition coefficient (Wildman–Crippen LogP) is 4.48. The van der Waals surface area contributed by atoms with Gasteiger partial charge in [-0.15, -0.1) is 0 Å². The largest absolute Gasteiger partial charge is 0.504 e. The zero-order valence-electron chi connectivity index (χ0n) is 19.9. The third kappa shape index (κ3) is 5.70. The van der Waals surface area contributed by atoms with Crippen molar-refractivity contribution in [3.63, 3.8) is 0 Å². The monoisotopic (exact) mass is 442 g/mol. The fraction of sp³-hybridized carbons (Fsp3) is 0.654. The minimum absolute atomic E-state index is 0.00926. The highest BCUT2D eigenvalue weighted by Gasteiger charge is 2.29. The van der Waals surface area contributed by atoms with E-state index in [0.29, 0.717) is 18.0 Å². The maximum absolute atomic E-state index is 11.6. The number of aliphatic hydroxyl groups excluding tert-OH is 1. The quantitative estimate of drug-likeness (QED) is 0.680. The lowest BCUT2D eigenvalue weighted by atomic mass is 10.1. The molecule has 0 aromatic carbocycles. The fourth-order valence-corrected chi connectivity index (χ4v) is 4.93. The summed E-state index contributed by atoms with van der Waals surface area (Å²) in [7, 11) is 0. The molecule has 0 bridgehead atoms. The first-order valence-electron chi connectivity index (χ1n) is 12.2. The lowest BCUT2D eigenvalue weighted by molar-refractivity contribution is -0.119. The molecule has 3 aliphatic carbocycles. The molecule has 6 heteroatoms. The molecule has 2 heterocycles. The lowest BCUT2D eigenvalue weighted by Crippen LogP contribution is -2.24. The molecule has 1 N–H and O–H groups in total. The molecule has 5 aliphatic rings. The number of hydrogen-bond donors (Lipinski definition) is 1. The summed E-state index contributed by atoms with van der Waals surface area (Å²) in [5.41, 5.74) is 4.18. The van der Waals surface area contributed by atoms with Crippen LogP contribution in [0.1, 0.15) is 78.6 Å². The summed E-state index contributed by atoms with van der Waals surface area (Å²) in [6.45, 7) is 10.3. The molecule has 1 atom stereocenters. The molecule has 32 heavy (non-hydrogen) atoms. The van der Waals surface area contributed by atoms with Gasteiger partial charge >= 0.3 is 0 Å². The van der Waals surface area contributed by atoms with Crippen molar-refractivity contribution < 1.29 is 19.5 Å². The number of aliphatic hydroxyl groups is 1. The molecule has 0 aromatic heterocycles. The van der Waals surface area contributed by atoms with Crippen LogP contribution in [-0.2, 0) is 14.4 Å². The Labute approximate surface area is 192 Å². The number of ketones is 3. The average molecular weight is 443 g/mol.